The summed E-state index contributed by atoms with van der Waals surface area (Å²) in [5, 5.41) is 3.35. The van der Waals surface area contributed by atoms with Gasteiger partial charge in [0.05, 0.1) is 12.5 Å². The number of esters is 1. The molecule has 0 aromatic rings. The summed E-state index contributed by atoms with van der Waals surface area (Å²) in [6, 6.07) is 0. The van der Waals surface area contributed by atoms with E-state index in [2.05, 4.69) is 29.1 Å². The van der Waals surface area contributed by atoms with Gasteiger partial charge in [-0.15, -0.1) is 0 Å². The molecule has 1 N–H and O–H groups in total. The second-order valence-corrected chi connectivity index (χ2v) is 5.36. The molecule has 0 bridgehead atoms. The van der Waals surface area contributed by atoms with Crippen molar-refractivity contribution in [3.8, 4) is 0 Å². The molecule has 0 radical (unpaired) electrons. The molecule has 1 aliphatic heterocycles. The van der Waals surface area contributed by atoms with Gasteiger partial charge in [-0.1, -0.05) is 13.8 Å². The first-order valence-electron chi connectivity index (χ1n) is 7.20. The fourth-order valence-corrected chi connectivity index (χ4v) is 2.25. The Balaban J connectivity index is 2.54. The van der Waals surface area contributed by atoms with Crippen molar-refractivity contribution in [2.75, 3.05) is 33.3 Å². The average Bonchev–Trinajstić information content (AvgIpc) is 2.40. The number of aliphatic imine (C=N–C) groups is 1. The van der Waals surface area contributed by atoms with Crippen LogP contribution < -0.4 is 5.32 Å². The third-order valence-electron chi connectivity index (χ3n) is 3.22. The lowest BCUT2D eigenvalue weighted by molar-refractivity contribution is -0.149. The number of nitrogens with one attached hydrogen (secondary N) is 1. The summed E-state index contributed by atoms with van der Waals surface area (Å²) in [6.07, 6.45) is 1.92. The van der Waals surface area contributed by atoms with Gasteiger partial charge in [0, 0.05) is 26.7 Å². The highest BCUT2D eigenvalue weighted by molar-refractivity contribution is 5.81. The Bertz CT molecular complexity index is 316. The number of nitrogens with zero attached hydrogens (tertiary/aromatic N) is 2. The van der Waals surface area contributed by atoms with Gasteiger partial charge >= 0.3 is 5.97 Å². The van der Waals surface area contributed by atoms with Gasteiger partial charge in [-0.25, -0.2) is 0 Å². The highest BCUT2D eigenvalue weighted by atomic mass is 16.5. The van der Waals surface area contributed by atoms with Crippen LogP contribution in [0.3, 0.4) is 0 Å². The molecule has 5 nitrogen and oxygen atoms in total. The molecule has 1 atom stereocenters. The predicted octanol–water partition coefficient (Wildman–Crippen LogP) is 1.49. The van der Waals surface area contributed by atoms with Crippen molar-refractivity contribution in [3.63, 3.8) is 0 Å². The van der Waals surface area contributed by atoms with Crippen molar-refractivity contribution in [2.24, 2.45) is 16.8 Å². The van der Waals surface area contributed by atoms with E-state index in [1.165, 1.54) is 0 Å². The van der Waals surface area contributed by atoms with E-state index in [1.54, 1.807) is 7.05 Å². The maximum absolute atomic E-state index is 11.8. The molecule has 0 aromatic heterocycles. The van der Waals surface area contributed by atoms with Crippen LogP contribution in [-0.2, 0) is 9.53 Å². The molecule has 0 saturated carbocycles. The quantitative estimate of drug-likeness (QED) is 0.477. The van der Waals surface area contributed by atoms with E-state index in [0.29, 0.717) is 19.1 Å². The van der Waals surface area contributed by atoms with E-state index in [0.717, 1.165) is 31.9 Å². The van der Waals surface area contributed by atoms with Gasteiger partial charge in [-0.2, -0.15) is 0 Å². The molecule has 1 aliphatic rings. The van der Waals surface area contributed by atoms with Crippen molar-refractivity contribution in [2.45, 2.75) is 33.6 Å². The summed E-state index contributed by atoms with van der Waals surface area (Å²) in [5.74, 6) is 1.36. The summed E-state index contributed by atoms with van der Waals surface area (Å²) < 4.78 is 5.12. The van der Waals surface area contributed by atoms with Crippen LogP contribution in [0, 0.1) is 11.8 Å². The smallest absolute Gasteiger partial charge is 0.310 e. The third kappa shape index (κ3) is 5.09. The molecule has 110 valence electrons. The number of hydrogen-bond acceptors (Lipinski definition) is 3. The Morgan fingerprint density at radius 1 is 1.53 bits per heavy atom. The van der Waals surface area contributed by atoms with Gasteiger partial charge in [0.15, 0.2) is 5.96 Å². The highest BCUT2D eigenvalue weighted by Crippen LogP contribution is 2.18. The van der Waals surface area contributed by atoms with Crippen LogP contribution in [0.25, 0.3) is 0 Å². The molecule has 5 heteroatoms. The molecular weight excluding hydrogens is 242 g/mol. The average molecular weight is 269 g/mol. The van der Waals surface area contributed by atoms with Crippen molar-refractivity contribution in [3.05, 3.63) is 0 Å². The van der Waals surface area contributed by atoms with Crippen LogP contribution in [0.5, 0.6) is 0 Å². The lowest BCUT2D eigenvalue weighted by Crippen LogP contribution is -2.48. The van der Waals surface area contributed by atoms with E-state index in [4.69, 9.17) is 4.74 Å². The second kappa shape index (κ2) is 8.02. The number of guanidine groups is 1. The lowest BCUT2D eigenvalue weighted by Gasteiger charge is -2.34. The molecule has 0 amide bonds. The van der Waals surface area contributed by atoms with Gasteiger partial charge in [0.25, 0.3) is 0 Å². The SMILES string of the molecule is CCOC(=O)C1CCCN(C(=NC)NCC(C)C)C1. The molecule has 0 aliphatic carbocycles. The Labute approximate surface area is 116 Å². The summed E-state index contributed by atoms with van der Waals surface area (Å²) in [6.45, 7) is 9.19. The van der Waals surface area contributed by atoms with Gasteiger partial charge in [-0.3, -0.25) is 9.79 Å². The number of hydrogen-bond donors (Lipinski definition) is 1. The van der Waals surface area contributed by atoms with E-state index >= 15 is 0 Å². The first kappa shape index (κ1) is 15.8. The number of ether oxygens (including phenoxy) is 1. The van der Waals surface area contributed by atoms with Crippen LogP contribution in [0.1, 0.15) is 33.6 Å². The monoisotopic (exact) mass is 269 g/mol. The minimum Gasteiger partial charge on any atom is -0.466 e. The van der Waals surface area contributed by atoms with Crippen LogP contribution in [0.4, 0.5) is 0 Å². The number of likely N-dealkylation sites (tertiary alicyclic amines) is 1. The summed E-state index contributed by atoms with van der Waals surface area (Å²) in [7, 11) is 1.79. The summed E-state index contributed by atoms with van der Waals surface area (Å²) in [5.41, 5.74) is 0. The number of piperidine rings is 1. The van der Waals surface area contributed by atoms with Crippen molar-refractivity contribution in [1.29, 1.82) is 0 Å². The lowest BCUT2D eigenvalue weighted by atomic mass is 9.98. The zero-order valence-corrected chi connectivity index (χ0v) is 12.6. The standard InChI is InChI=1S/C14H27N3O2/c1-5-19-13(18)12-7-6-8-17(10-12)14(15-4)16-9-11(2)3/h11-12H,5-10H2,1-4H3,(H,15,16). The maximum atomic E-state index is 11.8. The zero-order chi connectivity index (χ0) is 14.3. The minimum atomic E-state index is -0.0773. The predicted molar refractivity (Wildman–Crippen MR) is 77.1 cm³/mol. The Hall–Kier alpha value is -1.26. The number of carbonyl (C=O) groups is 1. The Morgan fingerprint density at radius 2 is 2.26 bits per heavy atom. The van der Waals surface area contributed by atoms with E-state index in [-0.39, 0.29) is 11.9 Å². The van der Waals surface area contributed by atoms with Gasteiger partial charge in [0.2, 0.25) is 0 Å². The molecule has 1 saturated heterocycles. The topological polar surface area (TPSA) is 53.9 Å². The van der Waals surface area contributed by atoms with Gasteiger partial charge in [0.1, 0.15) is 0 Å². The van der Waals surface area contributed by atoms with Crippen molar-refractivity contribution < 1.29 is 9.53 Å². The zero-order valence-electron chi connectivity index (χ0n) is 12.6. The van der Waals surface area contributed by atoms with E-state index in [1.807, 2.05) is 6.92 Å². The first-order valence-corrected chi connectivity index (χ1v) is 7.20. The molecule has 0 aromatic carbocycles. The van der Waals surface area contributed by atoms with Crippen LogP contribution in [0.15, 0.2) is 4.99 Å². The molecule has 1 heterocycles. The van der Waals surface area contributed by atoms with Crippen LogP contribution >= 0.6 is 0 Å². The molecule has 1 unspecified atom stereocenters. The molecule has 1 rings (SSSR count). The normalized spacial score (nSPS) is 20.6. The Morgan fingerprint density at radius 3 is 2.84 bits per heavy atom. The van der Waals surface area contributed by atoms with Gasteiger partial charge in [-0.05, 0) is 25.7 Å². The number of rotatable bonds is 4. The second-order valence-electron chi connectivity index (χ2n) is 5.36. The largest absolute Gasteiger partial charge is 0.466 e. The highest BCUT2D eigenvalue weighted by Gasteiger charge is 2.28. The minimum absolute atomic E-state index is 0.0219. The summed E-state index contributed by atoms with van der Waals surface area (Å²) in [4.78, 5) is 18.3. The van der Waals surface area contributed by atoms with Crippen molar-refractivity contribution >= 4 is 11.9 Å². The molecule has 0 spiro atoms. The fourth-order valence-electron chi connectivity index (χ4n) is 2.25. The molecule has 19 heavy (non-hydrogen) atoms. The van der Waals surface area contributed by atoms with E-state index < -0.39 is 0 Å². The van der Waals surface area contributed by atoms with E-state index in [9.17, 15) is 4.79 Å². The van der Waals surface area contributed by atoms with Crippen molar-refractivity contribution in [1.82, 2.24) is 10.2 Å². The Kier molecular flexibility index (Phi) is 6.67. The van der Waals surface area contributed by atoms with Crippen LogP contribution in [-0.4, -0.2) is 50.1 Å². The molecular formula is C14H27N3O2. The summed E-state index contributed by atoms with van der Waals surface area (Å²) >= 11 is 0. The third-order valence-corrected chi connectivity index (χ3v) is 3.22. The van der Waals surface area contributed by atoms with Crippen LogP contribution in [0.2, 0.25) is 0 Å². The van der Waals surface area contributed by atoms with Gasteiger partial charge < -0.3 is 15.0 Å². The first-order chi connectivity index (χ1) is 9.08. The number of carbonyl (C=O) groups excluding carboxylic acids is 1. The fraction of sp³-hybridized carbons (Fsp3) is 0.857. The molecule has 1 fully saturated rings. The maximum Gasteiger partial charge on any atom is 0.310 e.